The van der Waals surface area contributed by atoms with Gasteiger partial charge in [-0.1, -0.05) is 33.1 Å². The molecule has 2 aromatic rings. The van der Waals surface area contributed by atoms with Crippen LogP contribution in [0.15, 0.2) is 40.3 Å². The van der Waals surface area contributed by atoms with Crippen LogP contribution in [0.2, 0.25) is 0 Å². The number of aromatic nitrogens is 3. The predicted molar refractivity (Wildman–Crippen MR) is 114 cm³/mol. The topological polar surface area (TPSA) is 106 Å². The molecule has 2 aromatic heterocycles. The summed E-state index contributed by atoms with van der Waals surface area (Å²) in [4.78, 5) is 24.8. The van der Waals surface area contributed by atoms with Crippen molar-refractivity contribution < 1.29 is 13.2 Å². The fraction of sp³-hybridized carbons (Fsp3) is 0.550. The first-order chi connectivity index (χ1) is 14.4. The Labute approximate surface area is 176 Å². The van der Waals surface area contributed by atoms with Gasteiger partial charge in [-0.25, -0.2) is 13.1 Å². The van der Waals surface area contributed by atoms with Gasteiger partial charge in [-0.3, -0.25) is 9.59 Å². The van der Waals surface area contributed by atoms with Gasteiger partial charge >= 0.3 is 0 Å². The second-order valence-electron chi connectivity index (χ2n) is 7.42. The van der Waals surface area contributed by atoms with E-state index in [0.717, 1.165) is 30.3 Å². The van der Waals surface area contributed by atoms with Crippen LogP contribution in [0.3, 0.4) is 0 Å². The number of anilines is 1. The molecule has 1 fully saturated rings. The highest BCUT2D eigenvalue weighted by Gasteiger charge is 2.23. The molecule has 0 aliphatic heterocycles. The number of sulfonamides is 1. The van der Waals surface area contributed by atoms with Gasteiger partial charge in [0.2, 0.25) is 15.9 Å². The standard InChI is InChI=1S/C20H29N5O4S/c1-3-24(4-2)30(28,29)17-10-11-20(27)23(14-17)15-19(26)22-18-12-13-21-25(18)16-8-6-5-7-9-16/h10-14,16H,3-9,15H2,1-2H3,(H,22,26). The van der Waals surface area contributed by atoms with Crippen molar-refractivity contribution in [2.45, 2.75) is 63.4 Å². The fourth-order valence-electron chi connectivity index (χ4n) is 3.87. The van der Waals surface area contributed by atoms with E-state index in [1.807, 2.05) is 4.68 Å². The molecule has 9 nitrogen and oxygen atoms in total. The molecule has 0 radical (unpaired) electrons. The summed E-state index contributed by atoms with van der Waals surface area (Å²) >= 11 is 0. The number of hydrogen-bond donors (Lipinski definition) is 1. The molecule has 1 N–H and O–H groups in total. The lowest BCUT2D eigenvalue weighted by Crippen LogP contribution is -2.33. The van der Waals surface area contributed by atoms with Gasteiger partial charge in [-0.05, 0) is 18.9 Å². The molecule has 10 heteroatoms. The summed E-state index contributed by atoms with van der Waals surface area (Å²) in [5.41, 5.74) is -0.440. The Morgan fingerprint density at radius 2 is 1.87 bits per heavy atom. The lowest BCUT2D eigenvalue weighted by atomic mass is 9.96. The molecule has 0 atom stereocenters. The molecule has 0 aromatic carbocycles. The minimum atomic E-state index is -3.72. The lowest BCUT2D eigenvalue weighted by molar-refractivity contribution is -0.116. The van der Waals surface area contributed by atoms with Crippen LogP contribution in [-0.2, 0) is 21.4 Å². The third kappa shape index (κ3) is 4.81. The summed E-state index contributed by atoms with van der Waals surface area (Å²) in [6.07, 6.45) is 8.42. The van der Waals surface area contributed by atoms with Gasteiger partial charge in [-0.2, -0.15) is 9.40 Å². The number of carbonyl (C=O) groups excluding carboxylic acids is 1. The maximum absolute atomic E-state index is 12.7. The minimum absolute atomic E-state index is 0.00847. The van der Waals surface area contributed by atoms with E-state index in [1.54, 1.807) is 26.1 Å². The summed E-state index contributed by atoms with van der Waals surface area (Å²) < 4.78 is 29.7. The number of amides is 1. The first-order valence-corrected chi connectivity index (χ1v) is 11.8. The Hall–Kier alpha value is -2.46. The van der Waals surface area contributed by atoms with Crippen molar-refractivity contribution in [2.75, 3.05) is 18.4 Å². The van der Waals surface area contributed by atoms with Crippen molar-refractivity contribution in [3.63, 3.8) is 0 Å². The summed E-state index contributed by atoms with van der Waals surface area (Å²) in [6.45, 7) is 3.86. The van der Waals surface area contributed by atoms with E-state index in [9.17, 15) is 18.0 Å². The van der Waals surface area contributed by atoms with Crippen molar-refractivity contribution in [1.82, 2.24) is 18.7 Å². The van der Waals surface area contributed by atoms with Gasteiger partial charge in [0.15, 0.2) is 0 Å². The number of nitrogens with one attached hydrogen (secondary N) is 1. The van der Waals surface area contributed by atoms with Gasteiger partial charge in [-0.15, -0.1) is 0 Å². The maximum atomic E-state index is 12.7. The first-order valence-electron chi connectivity index (χ1n) is 10.4. The van der Waals surface area contributed by atoms with Gasteiger partial charge < -0.3 is 9.88 Å². The van der Waals surface area contributed by atoms with Crippen LogP contribution in [0, 0.1) is 0 Å². The average molecular weight is 436 g/mol. The maximum Gasteiger partial charge on any atom is 0.251 e. The van der Waals surface area contributed by atoms with E-state index in [2.05, 4.69) is 10.4 Å². The minimum Gasteiger partial charge on any atom is -0.309 e. The summed E-state index contributed by atoms with van der Waals surface area (Å²) in [6, 6.07) is 4.45. The summed E-state index contributed by atoms with van der Waals surface area (Å²) in [7, 11) is -3.72. The lowest BCUT2D eigenvalue weighted by Gasteiger charge is -2.24. The van der Waals surface area contributed by atoms with Crippen molar-refractivity contribution in [3.05, 3.63) is 40.9 Å². The molecule has 30 heavy (non-hydrogen) atoms. The number of hydrogen-bond acceptors (Lipinski definition) is 5. The van der Waals surface area contributed by atoms with E-state index in [0.29, 0.717) is 18.9 Å². The third-order valence-corrected chi connectivity index (χ3v) is 7.51. The first kappa shape index (κ1) is 22.2. The number of rotatable bonds is 8. The summed E-state index contributed by atoms with van der Waals surface area (Å²) in [5.74, 6) is 0.180. The third-order valence-electron chi connectivity index (χ3n) is 5.47. The fourth-order valence-corrected chi connectivity index (χ4v) is 5.34. The van der Waals surface area contributed by atoms with Gasteiger partial charge in [0.25, 0.3) is 5.56 Å². The Kier molecular flexibility index (Phi) is 7.09. The van der Waals surface area contributed by atoms with Crippen molar-refractivity contribution in [3.8, 4) is 0 Å². The number of carbonyl (C=O) groups is 1. The van der Waals surface area contributed by atoms with E-state index in [4.69, 9.17) is 0 Å². The zero-order valence-corrected chi connectivity index (χ0v) is 18.3. The number of nitrogens with zero attached hydrogens (tertiary/aromatic N) is 4. The Balaban J connectivity index is 1.76. The second-order valence-corrected chi connectivity index (χ2v) is 9.36. The molecule has 2 heterocycles. The molecule has 164 valence electrons. The molecular weight excluding hydrogens is 406 g/mol. The van der Waals surface area contributed by atoms with E-state index < -0.39 is 21.5 Å². The van der Waals surface area contributed by atoms with Crippen LogP contribution in [0.4, 0.5) is 5.82 Å². The Bertz CT molecular complexity index is 1030. The molecule has 0 bridgehead atoms. The van der Waals surface area contributed by atoms with Gasteiger partial charge in [0.05, 0.1) is 17.1 Å². The smallest absolute Gasteiger partial charge is 0.251 e. The quantitative estimate of drug-likeness (QED) is 0.684. The van der Waals surface area contributed by atoms with E-state index in [1.165, 1.54) is 29.1 Å². The predicted octanol–water partition coefficient (Wildman–Crippen LogP) is 2.22. The number of pyridine rings is 1. The van der Waals surface area contributed by atoms with Crippen molar-refractivity contribution >= 4 is 21.7 Å². The zero-order chi connectivity index (χ0) is 21.7. The van der Waals surface area contributed by atoms with Crippen LogP contribution in [0.1, 0.15) is 52.0 Å². The molecule has 1 aliphatic carbocycles. The summed E-state index contributed by atoms with van der Waals surface area (Å²) in [5, 5.41) is 7.16. The Morgan fingerprint density at radius 3 is 2.53 bits per heavy atom. The van der Waals surface area contributed by atoms with E-state index in [-0.39, 0.29) is 17.5 Å². The van der Waals surface area contributed by atoms with Crippen molar-refractivity contribution in [1.29, 1.82) is 0 Å². The van der Waals surface area contributed by atoms with Crippen LogP contribution in [-0.4, -0.2) is 46.1 Å². The van der Waals surface area contributed by atoms with Gasteiger partial charge in [0.1, 0.15) is 12.4 Å². The van der Waals surface area contributed by atoms with E-state index >= 15 is 0 Å². The average Bonchev–Trinajstić information content (AvgIpc) is 3.18. The molecule has 1 aliphatic rings. The normalized spacial score (nSPS) is 15.4. The molecule has 1 saturated carbocycles. The molecule has 0 spiro atoms. The van der Waals surface area contributed by atoms with Crippen LogP contribution in [0.25, 0.3) is 0 Å². The van der Waals surface area contributed by atoms with Crippen molar-refractivity contribution in [2.24, 2.45) is 0 Å². The molecule has 3 rings (SSSR count). The zero-order valence-electron chi connectivity index (χ0n) is 17.5. The SMILES string of the molecule is CCN(CC)S(=O)(=O)c1ccc(=O)n(CC(=O)Nc2ccnn2C2CCCCC2)c1. The Morgan fingerprint density at radius 1 is 1.17 bits per heavy atom. The highest BCUT2D eigenvalue weighted by molar-refractivity contribution is 7.89. The molecule has 0 unspecified atom stereocenters. The van der Waals surface area contributed by atoms with Crippen LogP contribution < -0.4 is 10.9 Å². The second kappa shape index (κ2) is 9.57. The van der Waals surface area contributed by atoms with Crippen LogP contribution >= 0.6 is 0 Å². The highest BCUT2D eigenvalue weighted by atomic mass is 32.2. The molecule has 0 saturated heterocycles. The highest BCUT2D eigenvalue weighted by Crippen LogP contribution is 2.29. The van der Waals surface area contributed by atoms with Gasteiger partial charge in [0, 0.05) is 31.4 Å². The monoisotopic (exact) mass is 435 g/mol. The van der Waals surface area contributed by atoms with Crippen LogP contribution in [0.5, 0.6) is 0 Å². The largest absolute Gasteiger partial charge is 0.309 e. The molecular formula is C20H29N5O4S. The molecule has 1 amide bonds.